The second-order valence-corrected chi connectivity index (χ2v) is 8.54. The number of pyridine rings is 2. The Labute approximate surface area is 185 Å². The van der Waals surface area contributed by atoms with Crippen molar-refractivity contribution in [3.8, 4) is 11.1 Å². The fourth-order valence-corrected chi connectivity index (χ4v) is 4.60. The Morgan fingerprint density at radius 3 is 2.71 bits per heavy atom. The normalized spacial score (nSPS) is 15.0. The van der Waals surface area contributed by atoms with Gasteiger partial charge in [0.1, 0.15) is 5.82 Å². The maximum absolute atomic E-state index is 13.5. The van der Waals surface area contributed by atoms with E-state index < -0.39 is 0 Å². The lowest BCUT2D eigenvalue weighted by Crippen LogP contribution is -2.34. The zero-order valence-corrected chi connectivity index (χ0v) is 18.1. The zero-order valence-electron chi connectivity index (χ0n) is 17.3. The van der Waals surface area contributed by atoms with Gasteiger partial charge in [-0.2, -0.15) is 5.10 Å². The third kappa shape index (κ3) is 4.12. The summed E-state index contributed by atoms with van der Waals surface area (Å²) in [6, 6.07) is 12.5. The second kappa shape index (κ2) is 8.27. The average Bonchev–Trinajstić information content (AvgIpc) is 3.17. The standard InChI is InChI=1S/C24H23ClFN5/c1-16-13-19(6-9-27-16)30-11-7-17(8-12-30)14-23-28-24-21(3-2-10-31(24)29-23)20-5-4-18(26)15-22(20)25/h2-6,9-10,13,15,17H,7-8,11-12,14H2,1H3. The van der Waals surface area contributed by atoms with Gasteiger partial charge in [0.05, 0.1) is 5.02 Å². The number of halogens is 2. The maximum atomic E-state index is 13.5. The summed E-state index contributed by atoms with van der Waals surface area (Å²) >= 11 is 6.29. The molecule has 5 rings (SSSR count). The van der Waals surface area contributed by atoms with Crippen LogP contribution in [0.2, 0.25) is 5.02 Å². The highest BCUT2D eigenvalue weighted by Crippen LogP contribution is 2.31. The van der Waals surface area contributed by atoms with Crippen molar-refractivity contribution in [1.82, 2.24) is 19.6 Å². The van der Waals surface area contributed by atoms with E-state index in [4.69, 9.17) is 21.7 Å². The van der Waals surface area contributed by atoms with Gasteiger partial charge in [0.2, 0.25) is 0 Å². The molecule has 1 aliphatic rings. The van der Waals surface area contributed by atoms with Gasteiger partial charge >= 0.3 is 0 Å². The molecule has 0 N–H and O–H groups in total. The molecule has 31 heavy (non-hydrogen) atoms. The summed E-state index contributed by atoms with van der Waals surface area (Å²) in [5.41, 5.74) is 4.65. The van der Waals surface area contributed by atoms with E-state index in [1.165, 1.54) is 17.8 Å². The fourth-order valence-electron chi connectivity index (χ4n) is 4.34. The van der Waals surface area contributed by atoms with E-state index in [9.17, 15) is 4.39 Å². The molecular weight excluding hydrogens is 413 g/mol. The Kier molecular flexibility index (Phi) is 5.32. The van der Waals surface area contributed by atoms with Crippen molar-refractivity contribution in [2.24, 2.45) is 5.92 Å². The molecule has 0 aliphatic carbocycles. The van der Waals surface area contributed by atoms with Crippen molar-refractivity contribution >= 4 is 22.9 Å². The fraction of sp³-hybridized carbons (Fsp3) is 0.292. The van der Waals surface area contributed by atoms with Crippen LogP contribution in [-0.2, 0) is 6.42 Å². The van der Waals surface area contributed by atoms with Crippen LogP contribution < -0.4 is 4.90 Å². The Morgan fingerprint density at radius 2 is 1.94 bits per heavy atom. The van der Waals surface area contributed by atoms with Crippen molar-refractivity contribution in [3.05, 3.63) is 77.2 Å². The number of piperidine rings is 1. The number of benzene rings is 1. The number of aromatic nitrogens is 4. The Balaban J connectivity index is 1.33. The summed E-state index contributed by atoms with van der Waals surface area (Å²) < 4.78 is 15.3. The number of hydrogen-bond donors (Lipinski definition) is 0. The first-order chi connectivity index (χ1) is 15.1. The lowest BCUT2D eigenvalue weighted by atomic mass is 9.93. The number of anilines is 1. The van der Waals surface area contributed by atoms with E-state index in [0.717, 1.165) is 60.6 Å². The average molecular weight is 436 g/mol. The molecule has 0 radical (unpaired) electrons. The van der Waals surface area contributed by atoms with E-state index in [1.807, 2.05) is 31.5 Å². The molecule has 7 heteroatoms. The van der Waals surface area contributed by atoms with Crippen LogP contribution in [0.1, 0.15) is 24.4 Å². The Hall–Kier alpha value is -2.99. The minimum Gasteiger partial charge on any atom is -0.371 e. The molecule has 5 nitrogen and oxygen atoms in total. The summed E-state index contributed by atoms with van der Waals surface area (Å²) in [4.78, 5) is 11.5. The van der Waals surface area contributed by atoms with E-state index in [1.54, 1.807) is 10.6 Å². The first kappa shape index (κ1) is 19.9. The van der Waals surface area contributed by atoms with E-state index in [-0.39, 0.29) is 5.82 Å². The maximum Gasteiger partial charge on any atom is 0.163 e. The molecule has 158 valence electrons. The summed E-state index contributed by atoms with van der Waals surface area (Å²) in [7, 11) is 0. The van der Waals surface area contributed by atoms with E-state index in [2.05, 4.69) is 22.0 Å². The van der Waals surface area contributed by atoms with Gasteiger partial charge in [-0.1, -0.05) is 11.6 Å². The molecule has 1 aliphatic heterocycles. The van der Waals surface area contributed by atoms with Crippen LogP contribution >= 0.6 is 11.6 Å². The van der Waals surface area contributed by atoms with Gasteiger partial charge in [0.25, 0.3) is 0 Å². The minimum absolute atomic E-state index is 0.351. The predicted octanol–water partition coefficient (Wildman–Crippen LogP) is 5.35. The third-order valence-electron chi connectivity index (χ3n) is 5.96. The number of aryl methyl sites for hydroxylation is 1. The van der Waals surface area contributed by atoms with Gasteiger partial charge in [0.15, 0.2) is 11.5 Å². The molecule has 0 amide bonds. The molecule has 1 fully saturated rings. The van der Waals surface area contributed by atoms with Crippen LogP contribution in [0.4, 0.5) is 10.1 Å². The summed E-state index contributed by atoms with van der Waals surface area (Å²) in [5, 5.41) is 5.07. The first-order valence-electron chi connectivity index (χ1n) is 10.5. The molecule has 0 bridgehead atoms. The van der Waals surface area contributed by atoms with Gasteiger partial charge in [-0.15, -0.1) is 0 Å². The molecule has 1 aromatic carbocycles. The monoisotopic (exact) mass is 435 g/mol. The highest BCUT2D eigenvalue weighted by atomic mass is 35.5. The summed E-state index contributed by atoms with van der Waals surface area (Å²) in [5.74, 6) is 1.04. The van der Waals surface area contributed by atoms with Gasteiger partial charge in [-0.3, -0.25) is 4.98 Å². The zero-order chi connectivity index (χ0) is 21.4. The molecule has 3 aromatic heterocycles. The van der Waals surface area contributed by atoms with Crippen LogP contribution in [0, 0.1) is 18.7 Å². The van der Waals surface area contributed by atoms with Crippen LogP contribution in [-0.4, -0.2) is 32.7 Å². The molecule has 4 aromatic rings. The topological polar surface area (TPSA) is 46.3 Å². The van der Waals surface area contributed by atoms with Crippen molar-refractivity contribution in [2.45, 2.75) is 26.2 Å². The molecule has 4 heterocycles. The lowest BCUT2D eigenvalue weighted by Gasteiger charge is -2.33. The first-order valence-corrected chi connectivity index (χ1v) is 10.9. The minimum atomic E-state index is -0.351. The van der Waals surface area contributed by atoms with Crippen molar-refractivity contribution in [1.29, 1.82) is 0 Å². The number of rotatable bonds is 4. The molecule has 0 spiro atoms. The van der Waals surface area contributed by atoms with Crippen LogP contribution in [0.5, 0.6) is 0 Å². The quantitative estimate of drug-likeness (QED) is 0.433. The summed E-state index contributed by atoms with van der Waals surface area (Å²) in [6.45, 7) is 4.08. The van der Waals surface area contributed by atoms with E-state index in [0.29, 0.717) is 10.9 Å². The highest BCUT2D eigenvalue weighted by Gasteiger charge is 2.22. The highest BCUT2D eigenvalue weighted by molar-refractivity contribution is 6.33. The molecule has 0 atom stereocenters. The number of hydrogen-bond acceptors (Lipinski definition) is 4. The largest absolute Gasteiger partial charge is 0.371 e. The molecule has 0 unspecified atom stereocenters. The van der Waals surface area contributed by atoms with Crippen molar-refractivity contribution < 1.29 is 4.39 Å². The van der Waals surface area contributed by atoms with Crippen LogP contribution in [0.25, 0.3) is 16.8 Å². The molecule has 1 saturated heterocycles. The van der Waals surface area contributed by atoms with Gasteiger partial charge in [-0.05, 0) is 68.1 Å². The van der Waals surface area contributed by atoms with Gasteiger partial charge in [0, 0.05) is 54.4 Å². The number of fused-ring (bicyclic) bond motifs is 1. The number of nitrogens with zero attached hydrogens (tertiary/aromatic N) is 5. The molecular formula is C24H23ClFN5. The second-order valence-electron chi connectivity index (χ2n) is 8.13. The Morgan fingerprint density at radius 1 is 1.10 bits per heavy atom. The van der Waals surface area contributed by atoms with Crippen LogP contribution in [0.3, 0.4) is 0 Å². The SMILES string of the molecule is Cc1cc(N2CCC(Cc3nc4c(-c5ccc(F)cc5Cl)cccn4n3)CC2)ccn1. The van der Waals surface area contributed by atoms with Gasteiger partial charge in [-0.25, -0.2) is 13.9 Å². The van der Waals surface area contributed by atoms with E-state index >= 15 is 0 Å². The molecule has 0 saturated carbocycles. The summed E-state index contributed by atoms with van der Waals surface area (Å²) in [6.07, 6.45) is 6.83. The lowest BCUT2D eigenvalue weighted by molar-refractivity contribution is 0.397. The predicted molar refractivity (Wildman–Crippen MR) is 121 cm³/mol. The smallest absolute Gasteiger partial charge is 0.163 e. The van der Waals surface area contributed by atoms with Crippen molar-refractivity contribution in [2.75, 3.05) is 18.0 Å². The van der Waals surface area contributed by atoms with Crippen molar-refractivity contribution in [3.63, 3.8) is 0 Å². The third-order valence-corrected chi connectivity index (χ3v) is 6.27. The van der Waals surface area contributed by atoms with Crippen LogP contribution in [0.15, 0.2) is 54.9 Å². The van der Waals surface area contributed by atoms with Gasteiger partial charge < -0.3 is 4.90 Å². The Bertz CT molecular complexity index is 1230.